The SMILES string of the molecule is C[C@@H]1CN(CC#N)CCN1C(=O)OC(C)(C)C.C[C@@H]1CNCCN1C(=O)OC(C)(C)C. The van der Waals surface area contributed by atoms with Crippen molar-refractivity contribution in [3.8, 4) is 6.07 Å². The van der Waals surface area contributed by atoms with E-state index in [9.17, 15) is 9.59 Å². The molecule has 2 rings (SSSR count). The number of amides is 2. The van der Waals surface area contributed by atoms with Crippen molar-refractivity contribution in [3.63, 3.8) is 0 Å². The van der Waals surface area contributed by atoms with Gasteiger partial charge in [-0.25, -0.2) is 9.59 Å². The van der Waals surface area contributed by atoms with E-state index in [2.05, 4.69) is 11.4 Å². The fourth-order valence-electron chi connectivity index (χ4n) is 3.30. The molecule has 0 aromatic heterocycles. The molecular formula is C22H41N5O4. The van der Waals surface area contributed by atoms with Gasteiger partial charge in [-0.15, -0.1) is 0 Å². The van der Waals surface area contributed by atoms with Gasteiger partial charge >= 0.3 is 12.2 Å². The van der Waals surface area contributed by atoms with Gasteiger partial charge in [0.2, 0.25) is 0 Å². The number of piperazine rings is 2. The summed E-state index contributed by atoms with van der Waals surface area (Å²) in [6, 6.07) is 2.44. The molecule has 0 aromatic carbocycles. The molecule has 31 heavy (non-hydrogen) atoms. The summed E-state index contributed by atoms with van der Waals surface area (Å²) < 4.78 is 10.7. The molecule has 0 saturated carbocycles. The van der Waals surface area contributed by atoms with E-state index in [1.54, 1.807) is 9.80 Å². The molecule has 0 aliphatic carbocycles. The van der Waals surface area contributed by atoms with Crippen LogP contribution in [0.2, 0.25) is 0 Å². The Balaban J connectivity index is 0.000000316. The highest BCUT2D eigenvalue weighted by atomic mass is 16.6. The molecule has 0 radical (unpaired) electrons. The molecule has 1 N–H and O–H groups in total. The number of ether oxygens (including phenoxy) is 2. The molecule has 0 bridgehead atoms. The van der Waals surface area contributed by atoms with E-state index in [1.165, 1.54) is 0 Å². The molecule has 9 heteroatoms. The third kappa shape index (κ3) is 10.2. The van der Waals surface area contributed by atoms with Crippen LogP contribution in [0.15, 0.2) is 0 Å². The van der Waals surface area contributed by atoms with E-state index in [-0.39, 0.29) is 24.3 Å². The second-order valence-electron chi connectivity index (χ2n) is 10.1. The highest BCUT2D eigenvalue weighted by Crippen LogP contribution is 2.15. The zero-order chi connectivity index (χ0) is 23.8. The molecule has 9 nitrogen and oxygen atoms in total. The number of hydrogen-bond acceptors (Lipinski definition) is 7. The van der Waals surface area contributed by atoms with Crippen molar-refractivity contribution in [1.29, 1.82) is 5.26 Å². The number of nitriles is 1. The molecule has 2 aliphatic heterocycles. The first kappa shape index (κ1) is 27.0. The van der Waals surface area contributed by atoms with Crippen molar-refractivity contribution in [2.24, 2.45) is 0 Å². The van der Waals surface area contributed by atoms with Gasteiger partial charge in [0.05, 0.1) is 12.6 Å². The average Bonchev–Trinajstić information content (AvgIpc) is 2.60. The number of nitrogens with one attached hydrogen (secondary N) is 1. The molecule has 0 unspecified atom stereocenters. The van der Waals surface area contributed by atoms with E-state index >= 15 is 0 Å². The smallest absolute Gasteiger partial charge is 0.410 e. The highest BCUT2D eigenvalue weighted by molar-refractivity contribution is 5.69. The zero-order valence-electron chi connectivity index (χ0n) is 20.5. The lowest BCUT2D eigenvalue weighted by atomic mass is 10.2. The number of rotatable bonds is 1. The van der Waals surface area contributed by atoms with Crippen LogP contribution in [0.5, 0.6) is 0 Å². The Morgan fingerprint density at radius 3 is 1.87 bits per heavy atom. The predicted molar refractivity (Wildman–Crippen MR) is 120 cm³/mol. The summed E-state index contributed by atoms with van der Waals surface area (Å²) in [6.07, 6.45) is -0.465. The summed E-state index contributed by atoms with van der Waals surface area (Å²) in [4.78, 5) is 29.2. The number of nitrogens with zero attached hydrogens (tertiary/aromatic N) is 4. The van der Waals surface area contributed by atoms with E-state index in [1.807, 2.05) is 60.3 Å². The fraction of sp³-hybridized carbons (Fsp3) is 0.864. The number of carbonyl (C=O) groups is 2. The van der Waals surface area contributed by atoms with E-state index in [4.69, 9.17) is 14.7 Å². The minimum absolute atomic E-state index is 0.0898. The van der Waals surface area contributed by atoms with Gasteiger partial charge in [-0.05, 0) is 55.4 Å². The standard InChI is InChI=1S/C12H21N3O2.C10H20N2O2/c1-10-9-14(6-5-13)7-8-15(10)11(16)17-12(2,3)4;1-8-7-11-5-6-12(8)9(13)14-10(2,3)4/h10H,6-9H2,1-4H3;8,11H,5-7H2,1-4H3/t10-;8-/m11/s1. The fourth-order valence-corrected chi connectivity index (χ4v) is 3.30. The maximum atomic E-state index is 11.9. The van der Waals surface area contributed by atoms with Crippen molar-refractivity contribution in [1.82, 2.24) is 20.0 Å². The summed E-state index contributed by atoms with van der Waals surface area (Å²) in [6.45, 7) is 20.2. The minimum Gasteiger partial charge on any atom is -0.444 e. The summed E-state index contributed by atoms with van der Waals surface area (Å²) >= 11 is 0. The lowest BCUT2D eigenvalue weighted by molar-refractivity contribution is 0.00285. The summed E-state index contributed by atoms with van der Waals surface area (Å²) in [7, 11) is 0. The first-order valence-electron chi connectivity index (χ1n) is 11.0. The monoisotopic (exact) mass is 439 g/mol. The lowest BCUT2D eigenvalue weighted by Gasteiger charge is -2.39. The molecular weight excluding hydrogens is 398 g/mol. The maximum Gasteiger partial charge on any atom is 0.410 e. The van der Waals surface area contributed by atoms with Crippen LogP contribution < -0.4 is 5.32 Å². The average molecular weight is 440 g/mol. The largest absolute Gasteiger partial charge is 0.444 e. The van der Waals surface area contributed by atoms with E-state index in [0.29, 0.717) is 13.1 Å². The molecule has 2 saturated heterocycles. The van der Waals surface area contributed by atoms with Gasteiger partial charge in [-0.1, -0.05) is 0 Å². The van der Waals surface area contributed by atoms with Crippen LogP contribution in [0.25, 0.3) is 0 Å². The van der Waals surface area contributed by atoms with Gasteiger partial charge in [0.1, 0.15) is 11.2 Å². The predicted octanol–water partition coefficient (Wildman–Crippen LogP) is 2.67. The topological polar surface area (TPSA) is 98.1 Å². The molecule has 178 valence electrons. The number of hydrogen-bond donors (Lipinski definition) is 1. The molecule has 2 fully saturated rings. The van der Waals surface area contributed by atoms with E-state index < -0.39 is 11.2 Å². The lowest BCUT2D eigenvalue weighted by Crippen LogP contribution is -2.54. The Morgan fingerprint density at radius 2 is 1.45 bits per heavy atom. The normalized spacial score (nSPS) is 22.7. The third-order valence-electron chi connectivity index (χ3n) is 4.76. The second kappa shape index (κ2) is 11.5. The molecule has 2 heterocycles. The van der Waals surface area contributed by atoms with E-state index in [0.717, 1.165) is 32.7 Å². The van der Waals surface area contributed by atoms with Crippen LogP contribution in [-0.4, -0.2) is 96.0 Å². The van der Waals surface area contributed by atoms with Crippen LogP contribution in [0.4, 0.5) is 9.59 Å². The van der Waals surface area contributed by atoms with Gasteiger partial charge in [-0.2, -0.15) is 5.26 Å². The quantitative estimate of drug-likeness (QED) is 0.627. The first-order chi connectivity index (χ1) is 14.2. The Hall–Kier alpha value is -2.05. The third-order valence-corrected chi connectivity index (χ3v) is 4.76. The van der Waals surface area contributed by atoms with Crippen molar-refractivity contribution >= 4 is 12.2 Å². The Labute approximate surface area is 187 Å². The molecule has 0 spiro atoms. The van der Waals surface area contributed by atoms with Gasteiger partial charge in [0.25, 0.3) is 0 Å². The number of carbonyl (C=O) groups excluding carboxylic acids is 2. The van der Waals surface area contributed by atoms with Crippen molar-refractivity contribution in [3.05, 3.63) is 0 Å². The Bertz CT molecular complexity index is 635. The first-order valence-corrected chi connectivity index (χ1v) is 11.0. The van der Waals surface area contributed by atoms with Crippen LogP contribution in [0, 0.1) is 11.3 Å². The van der Waals surface area contributed by atoms with Crippen LogP contribution >= 0.6 is 0 Å². The van der Waals surface area contributed by atoms with Crippen molar-refractivity contribution < 1.29 is 19.1 Å². The van der Waals surface area contributed by atoms with Gasteiger partial charge < -0.3 is 24.6 Å². The van der Waals surface area contributed by atoms with Crippen molar-refractivity contribution in [2.75, 3.05) is 45.8 Å². The zero-order valence-corrected chi connectivity index (χ0v) is 20.5. The van der Waals surface area contributed by atoms with Gasteiger partial charge in [0, 0.05) is 51.4 Å². The van der Waals surface area contributed by atoms with Gasteiger partial charge in [0.15, 0.2) is 0 Å². The summed E-state index contributed by atoms with van der Waals surface area (Å²) in [5.74, 6) is 0. The molecule has 2 amide bonds. The molecule has 0 aromatic rings. The Kier molecular flexibility index (Phi) is 10.0. The molecule has 2 aliphatic rings. The Morgan fingerprint density at radius 1 is 0.935 bits per heavy atom. The van der Waals surface area contributed by atoms with Crippen LogP contribution in [-0.2, 0) is 9.47 Å². The maximum absolute atomic E-state index is 11.9. The van der Waals surface area contributed by atoms with Crippen molar-refractivity contribution in [2.45, 2.75) is 78.7 Å². The second-order valence-corrected chi connectivity index (χ2v) is 10.1. The molecule has 2 atom stereocenters. The summed E-state index contributed by atoms with van der Waals surface area (Å²) in [5.41, 5.74) is -0.859. The highest BCUT2D eigenvalue weighted by Gasteiger charge is 2.30. The van der Waals surface area contributed by atoms with Crippen LogP contribution in [0.3, 0.4) is 0 Å². The minimum atomic E-state index is -0.458. The van der Waals surface area contributed by atoms with Crippen LogP contribution in [0.1, 0.15) is 55.4 Å². The van der Waals surface area contributed by atoms with Gasteiger partial charge in [-0.3, -0.25) is 4.90 Å². The summed E-state index contributed by atoms with van der Waals surface area (Å²) in [5, 5.41) is 11.9.